The molecule has 138 valence electrons. The zero-order valence-corrected chi connectivity index (χ0v) is 15.2. The minimum Gasteiger partial charge on any atom is -0.304 e. The Morgan fingerprint density at radius 2 is 2.04 bits per heavy atom. The number of hydrogen-bond acceptors (Lipinski definition) is 5. The first-order valence-electron chi connectivity index (χ1n) is 6.86. The second-order valence-electron chi connectivity index (χ2n) is 5.26. The van der Waals surface area contributed by atoms with Gasteiger partial charge >= 0.3 is 6.18 Å². The molecule has 1 amide bonds. The Morgan fingerprint density at radius 3 is 2.62 bits per heavy atom. The van der Waals surface area contributed by atoms with Crippen LogP contribution in [0, 0.1) is 6.92 Å². The van der Waals surface area contributed by atoms with E-state index in [-0.39, 0.29) is 20.6 Å². The number of hydrogen-bond donors (Lipinski definition) is 1. The van der Waals surface area contributed by atoms with Gasteiger partial charge in [-0.05, 0) is 30.0 Å². The number of nitrogens with zero attached hydrogens (tertiary/aromatic N) is 2. The molecular formula is C14H9ClF3N3O3S2. The Bertz CT molecular complexity index is 1120. The molecule has 0 radical (unpaired) electrons. The fourth-order valence-corrected chi connectivity index (χ4v) is 4.81. The molecule has 1 N–H and O–H groups in total. The summed E-state index contributed by atoms with van der Waals surface area (Å²) in [5.41, 5.74) is -1.05. The van der Waals surface area contributed by atoms with E-state index in [0.717, 1.165) is 21.9 Å². The molecule has 0 spiro atoms. The quantitative estimate of drug-likeness (QED) is 0.699. The number of nitrogens with one attached hydrogen (secondary N) is 1. The number of sulfonamides is 1. The van der Waals surface area contributed by atoms with Crippen LogP contribution in [0.5, 0.6) is 0 Å². The highest BCUT2D eigenvalue weighted by Crippen LogP contribution is 2.32. The summed E-state index contributed by atoms with van der Waals surface area (Å²) in [7, 11) is -4.12. The van der Waals surface area contributed by atoms with Crippen LogP contribution in [-0.2, 0) is 16.2 Å². The molecule has 26 heavy (non-hydrogen) atoms. The van der Waals surface area contributed by atoms with Crippen molar-refractivity contribution in [3.8, 4) is 0 Å². The van der Waals surface area contributed by atoms with Gasteiger partial charge in [0.25, 0.3) is 15.9 Å². The predicted molar refractivity (Wildman–Crippen MR) is 88.9 cm³/mol. The zero-order valence-electron chi connectivity index (χ0n) is 12.8. The maximum Gasteiger partial charge on any atom is 0.417 e. The van der Waals surface area contributed by atoms with Gasteiger partial charge in [0, 0.05) is 12.4 Å². The minimum absolute atomic E-state index is 0.0352. The van der Waals surface area contributed by atoms with Gasteiger partial charge in [-0.3, -0.25) is 4.79 Å². The molecular weight excluding hydrogens is 415 g/mol. The molecule has 0 atom stereocenters. The molecule has 0 aromatic carbocycles. The largest absolute Gasteiger partial charge is 0.417 e. The third-order valence-corrected chi connectivity index (χ3v) is 6.65. The minimum atomic E-state index is -4.63. The van der Waals surface area contributed by atoms with E-state index in [4.69, 9.17) is 11.6 Å². The number of rotatable bonds is 3. The van der Waals surface area contributed by atoms with Gasteiger partial charge in [-0.25, -0.2) is 18.1 Å². The first-order chi connectivity index (χ1) is 12.0. The van der Waals surface area contributed by atoms with Crippen LogP contribution in [0.2, 0.25) is 5.02 Å². The normalized spacial score (nSPS) is 12.5. The van der Waals surface area contributed by atoms with Crippen LogP contribution < -0.4 is 4.72 Å². The number of halogens is 4. The van der Waals surface area contributed by atoms with Gasteiger partial charge in [0.05, 0.1) is 10.6 Å². The monoisotopic (exact) mass is 423 g/mol. The number of carbonyl (C=O) groups is 1. The number of imidazole rings is 1. The molecule has 3 aromatic heterocycles. The average Bonchev–Trinajstić information content (AvgIpc) is 3.12. The van der Waals surface area contributed by atoms with Gasteiger partial charge in [0.1, 0.15) is 9.90 Å². The molecule has 0 saturated carbocycles. The number of carbonyl (C=O) groups excluding carboxylic acids is 1. The molecule has 0 aliphatic heterocycles. The number of thiophene rings is 1. The highest BCUT2D eigenvalue weighted by atomic mass is 35.5. The fourth-order valence-electron chi connectivity index (χ4n) is 2.18. The molecule has 0 unspecified atom stereocenters. The van der Waals surface area contributed by atoms with Crippen molar-refractivity contribution in [2.24, 2.45) is 0 Å². The maximum absolute atomic E-state index is 12.8. The Kier molecular flexibility index (Phi) is 4.49. The van der Waals surface area contributed by atoms with Crippen molar-refractivity contribution in [3.63, 3.8) is 0 Å². The third-order valence-electron chi connectivity index (χ3n) is 3.35. The van der Waals surface area contributed by atoms with E-state index >= 15 is 0 Å². The van der Waals surface area contributed by atoms with E-state index in [1.807, 2.05) is 4.72 Å². The number of aromatic nitrogens is 2. The van der Waals surface area contributed by atoms with Gasteiger partial charge < -0.3 is 4.40 Å². The summed E-state index contributed by atoms with van der Waals surface area (Å²) >= 11 is 6.72. The average molecular weight is 424 g/mol. The lowest BCUT2D eigenvalue weighted by Crippen LogP contribution is -2.30. The van der Waals surface area contributed by atoms with Crippen LogP contribution in [0.3, 0.4) is 0 Å². The summed E-state index contributed by atoms with van der Waals surface area (Å²) in [6.45, 7) is 1.57. The lowest BCUT2D eigenvalue weighted by Gasteiger charge is -2.07. The molecule has 3 rings (SSSR count). The number of fused-ring (bicyclic) bond motifs is 1. The highest BCUT2D eigenvalue weighted by Gasteiger charge is 2.32. The van der Waals surface area contributed by atoms with Crippen molar-refractivity contribution in [1.29, 1.82) is 0 Å². The van der Waals surface area contributed by atoms with E-state index in [0.29, 0.717) is 17.8 Å². The number of alkyl halides is 3. The Labute approximate surface area is 154 Å². The predicted octanol–water partition coefficient (Wildman–Crippen LogP) is 3.50. The van der Waals surface area contributed by atoms with Gasteiger partial charge in [-0.1, -0.05) is 11.6 Å². The van der Waals surface area contributed by atoms with Crippen LogP contribution >= 0.6 is 22.9 Å². The lowest BCUT2D eigenvalue weighted by atomic mass is 10.3. The highest BCUT2D eigenvalue weighted by molar-refractivity contribution is 7.92. The molecule has 3 heterocycles. The first kappa shape index (κ1) is 18.7. The van der Waals surface area contributed by atoms with Crippen molar-refractivity contribution in [1.82, 2.24) is 14.1 Å². The fraction of sp³-hybridized carbons (Fsp3) is 0.143. The van der Waals surface area contributed by atoms with E-state index < -0.39 is 27.7 Å². The molecule has 0 fully saturated rings. The van der Waals surface area contributed by atoms with Crippen molar-refractivity contribution in [3.05, 3.63) is 51.7 Å². The lowest BCUT2D eigenvalue weighted by molar-refractivity contribution is -0.137. The summed E-state index contributed by atoms with van der Waals surface area (Å²) in [6.07, 6.45) is -2.95. The summed E-state index contributed by atoms with van der Waals surface area (Å²) in [5, 5.41) is 1.23. The Balaban J connectivity index is 1.97. The molecule has 12 heteroatoms. The Morgan fingerprint density at radius 1 is 1.35 bits per heavy atom. The number of amides is 1. The van der Waals surface area contributed by atoms with Crippen LogP contribution in [0.4, 0.5) is 13.2 Å². The SMILES string of the molecule is Cc1ccsc1S(=O)(=O)NC(=O)c1cn2cc(C(F)(F)F)cc(Cl)c2n1. The van der Waals surface area contributed by atoms with Crippen molar-refractivity contribution in [2.75, 3.05) is 0 Å². The summed E-state index contributed by atoms with van der Waals surface area (Å²) in [6, 6.07) is 2.25. The van der Waals surface area contributed by atoms with Crippen LogP contribution in [0.25, 0.3) is 5.65 Å². The summed E-state index contributed by atoms with van der Waals surface area (Å²) in [4.78, 5) is 16.0. The molecule has 3 aromatic rings. The van der Waals surface area contributed by atoms with Crippen LogP contribution in [0.1, 0.15) is 21.6 Å². The molecule has 0 aliphatic rings. The van der Waals surface area contributed by atoms with E-state index in [1.54, 1.807) is 18.4 Å². The summed E-state index contributed by atoms with van der Waals surface area (Å²) < 4.78 is 65.7. The van der Waals surface area contributed by atoms with Crippen molar-refractivity contribution >= 4 is 44.5 Å². The molecule has 0 bridgehead atoms. The second-order valence-corrected chi connectivity index (χ2v) is 8.46. The van der Waals surface area contributed by atoms with Gasteiger partial charge in [0.15, 0.2) is 5.65 Å². The maximum atomic E-state index is 12.8. The van der Waals surface area contributed by atoms with E-state index in [2.05, 4.69) is 4.98 Å². The topological polar surface area (TPSA) is 80.5 Å². The zero-order chi connectivity index (χ0) is 19.3. The second kappa shape index (κ2) is 6.25. The van der Waals surface area contributed by atoms with Gasteiger partial charge in [-0.2, -0.15) is 13.2 Å². The standard InChI is InChI=1S/C14H9ClF3N3O3S2/c1-7-2-3-25-13(7)26(23,24)20-12(22)10-6-21-5-8(14(16,17)18)4-9(15)11(21)19-10/h2-6H,1H3,(H,20,22). The number of aryl methyl sites for hydroxylation is 1. The van der Waals surface area contributed by atoms with Crippen LogP contribution in [-0.4, -0.2) is 23.7 Å². The molecule has 0 saturated heterocycles. The van der Waals surface area contributed by atoms with Gasteiger partial charge in [0.2, 0.25) is 0 Å². The summed E-state index contributed by atoms with van der Waals surface area (Å²) in [5.74, 6) is -1.08. The smallest absolute Gasteiger partial charge is 0.304 e. The molecule has 6 nitrogen and oxygen atoms in total. The third kappa shape index (κ3) is 3.41. The van der Waals surface area contributed by atoms with Crippen LogP contribution in [0.15, 0.2) is 34.1 Å². The molecule has 0 aliphatic carbocycles. The van der Waals surface area contributed by atoms with Gasteiger partial charge in [-0.15, -0.1) is 11.3 Å². The van der Waals surface area contributed by atoms with E-state index in [9.17, 15) is 26.4 Å². The van der Waals surface area contributed by atoms with Crippen molar-refractivity contribution in [2.45, 2.75) is 17.3 Å². The van der Waals surface area contributed by atoms with Crippen molar-refractivity contribution < 1.29 is 26.4 Å². The first-order valence-corrected chi connectivity index (χ1v) is 9.60. The van der Waals surface area contributed by atoms with E-state index in [1.165, 1.54) is 0 Å². The number of pyridine rings is 1. The Hall–Kier alpha value is -2.11.